The molecule has 40 heavy (non-hydrogen) atoms. The highest BCUT2D eigenvalue weighted by molar-refractivity contribution is 7.89. The molecule has 2 aromatic carbocycles. The number of fused-ring (bicyclic) bond motifs is 1. The van der Waals surface area contributed by atoms with Gasteiger partial charge >= 0.3 is 0 Å². The molecule has 1 aromatic heterocycles. The van der Waals surface area contributed by atoms with E-state index in [0.717, 1.165) is 5.56 Å². The first-order chi connectivity index (χ1) is 19.0. The first-order valence-electron chi connectivity index (χ1n) is 12.8. The zero-order valence-electron chi connectivity index (χ0n) is 22.8. The molecule has 13 nitrogen and oxygen atoms in total. The number of hydrogen-bond acceptors (Lipinski definition) is 9. The number of aromatic nitrogens is 4. The number of nitrogens with zero attached hydrogens (tertiary/aromatic N) is 6. The molecule has 2 heterocycles. The van der Waals surface area contributed by atoms with Crippen LogP contribution in [0.2, 0.25) is 0 Å². The number of tetrazole rings is 1. The molecule has 1 aliphatic rings. The fraction of sp³-hybridized carbons (Fsp3) is 0.423. The zero-order chi connectivity index (χ0) is 29.0. The van der Waals surface area contributed by atoms with Crippen LogP contribution in [0.5, 0.6) is 5.75 Å². The molecule has 0 spiro atoms. The van der Waals surface area contributed by atoms with E-state index in [1.54, 1.807) is 48.2 Å². The minimum absolute atomic E-state index is 0.0246. The third kappa shape index (κ3) is 6.46. The number of benzene rings is 2. The topological polar surface area (TPSA) is 160 Å². The molecular weight excluding hydrogens is 538 g/mol. The zero-order valence-corrected chi connectivity index (χ0v) is 23.6. The van der Waals surface area contributed by atoms with Crippen LogP contribution in [0.1, 0.15) is 29.8 Å². The molecule has 0 aliphatic carbocycles. The van der Waals surface area contributed by atoms with Crippen molar-refractivity contribution in [2.75, 3.05) is 32.1 Å². The van der Waals surface area contributed by atoms with Gasteiger partial charge in [-0.1, -0.05) is 24.6 Å². The first-order valence-corrected chi connectivity index (χ1v) is 14.2. The molecule has 0 fully saturated rings. The van der Waals surface area contributed by atoms with Crippen LogP contribution in [0.3, 0.4) is 0 Å². The molecule has 0 saturated carbocycles. The maximum atomic E-state index is 13.6. The van der Waals surface area contributed by atoms with Crippen molar-refractivity contribution in [3.05, 3.63) is 59.9 Å². The van der Waals surface area contributed by atoms with Crippen LogP contribution in [0.15, 0.2) is 53.7 Å². The largest absolute Gasteiger partial charge is 0.488 e. The molecular formula is C26H33N7O6S. The predicted molar refractivity (Wildman–Crippen MR) is 145 cm³/mol. The summed E-state index contributed by atoms with van der Waals surface area (Å²) in [5, 5.41) is 23.2. The van der Waals surface area contributed by atoms with E-state index in [0.29, 0.717) is 5.69 Å². The number of carbonyl (C=O) groups is 2. The molecule has 1 aliphatic heterocycles. The number of likely N-dealkylation sites (N-methyl/N-ethyl adjacent to an activating group) is 1. The highest BCUT2D eigenvalue weighted by Crippen LogP contribution is 2.31. The predicted octanol–water partition coefficient (Wildman–Crippen LogP) is 1.16. The molecule has 2 amide bonds. The summed E-state index contributed by atoms with van der Waals surface area (Å²) in [6, 6.07) is 10.8. The smallest absolute Gasteiger partial charge is 0.258 e. The Morgan fingerprint density at radius 3 is 2.62 bits per heavy atom. The fourth-order valence-electron chi connectivity index (χ4n) is 4.36. The van der Waals surface area contributed by atoms with Gasteiger partial charge in [0.2, 0.25) is 15.9 Å². The lowest BCUT2D eigenvalue weighted by Crippen LogP contribution is -2.50. The summed E-state index contributed by atoms with van der Waals surface area (Å²) in [5.41, 5.74) is 1.49. The minimum Gasteiger partial charge on any atom is -0.488 e. The van der Waals surface area contributed by atoms with Crippen LogP contribution in [0, 0.1) is 12.8 Å². The van der Waals surface area contributed by atoms with E-state index in [-0.39, 0.29) is 54.3 Å². The second-order valence-corrected chi connectivity index (χ2v) is 12.0. The normalized spacial score (nSPS) is 18.4. The SMILES string of the molecule is Cc1ccc(S(=O)(=O)N(C)C[C@@H]2Oc3ccc(NC(=O)Cn4cnnn4)cc3C(=O)N([C@H](C)CO)C[C@H]2C)cc1. The average molecular weight is 572 g/mol. The van der Waals surface area contributed by atoms with Crippen LogP contribution in [0.4, 0.5) is 5.69 Å². The Balaban J connectivity index is 1.62. The molecule has 0 radical (unpaired) electrons. The van der Waals surface area contributed by atoms with Crippen LogP contribution < -0.4 is 10.1 Å². The third-order valence-electron chi connectivity index (χ3n) is 6.81. The lowest BCUT2D eigenvalue weighted by Gasteiger charge is -2.38. The Labute approximate surface area is 232 Å². The Kier molecular flexibility index (Phi) is 8.81. The van der Waals surface area contributed by atoms with Gasteiger partial charge in [-0.25, -0.2) is 13.1 Å². The Morgan fingerprint density at radius 2 is 1.98 bits per heavy atom. The fourth-order valence-corrected chi connectivity index (χ4v) is 5.54. The van der Waals surface area contributed by atoms with Crippen molar-refractivity contribution in [1.82, 2.24) is 29.4 Å². The molecule has 3 aromatic rings. The first kappa shape index (κ1) is 29.1. The molecule has 214 valence electrons. The lowest BCUT2D eigenvalue weighted by atomic mass is 9.99. The van der Waals surface area contributed by atoms with Crippen LogP contribution in [-0.4, -0.2) is 93.6 Å². The van der Waals surface area contributed by atoms with Gasteiger partial charge in [-0.05, 0) is 54.6 Å². The van der Waals surface area contributed by atoms with Gasteiger partial charge in [-0.3, -0.25) is 9.59 Å². The standard InChI is InChI=1S/C26H33N7O6S/c1-17-5-8-21(9-6-17)40(37,38)31(4)13-24-18(2)12-33(19(3)15-34)26(36)22-11-20(7-10-23(22)39-24)28-25(35)14-32-16-27-29-30-32/h5-11,16,18-19,24,34H,12-15H2,1-4H3,(H,28,35)/t18-,19-,24+/m1/s1. The second-order valence-electron chi connectivity index (χ2n) is 9.99. The van der Waals surface area contributed by atoms with Crippen LogP contribution in [0.25, 0.3) is 0 Å². The van der Waals surface area contributed by atoms with Gasteiger partial charge in [0.25, 0.3) is 5.91 Å². The van der Waals surface area contributed by atoms with Gasteiger partial charge in [0.1, 0.15) is 24.7 Å². The number of sulfonamides is 1. The van der Waals surface area contributed by atoms with E-state index in [2.05, 4.69) is 20.8 Å². The van der Waals surface area contributed by atoms with Crippen molar-refractivity contribution in [3.63, 3.8) is 0 Å². The van der Waals surface area contributed by atoms with Crippen LogP contribution in [-0.2, 0) is 21.4 Å². The number of aliphatic hydroxyl groups excluding tert-OH is 1. The van der Waals surface area contributed by atoms with Crippen molar-refractivity contribution in [2.24, 2.45) is 5.92 Å². The maximum absolute atomic E-state index is 13.6. The summed E-state index contributed by atoms with van der Waals surface area (Å²) in [6.07, 6.45) is 0.689. The Bertz CT molecular complexity index is 1450. The highest BCUT2D eigenvalue weighted by atomic mass is 32.2. The number of aryl methyl sites for hydroxylation is 1. The van der Waals surface area contributed by atoms with E-state index < -0.39 is 28.1 Å². The molecule has 0 saturated heterocycles. The summed E-state index contributed by atoms with van der Waals surface area (Å²) < 4.78 is 35.3. The lowest BCUT2D eigenvalue weighted by molar-refractivity contribution is -0.116. The second kappa shape index (κ2) is 12.1. The van der Waals surface area contributed by atoms with E-state index in [9.17, 15) is 23.1 Å². The quantitative estimate of drug-likeness (QED) is 0.384. The average Bonchev–Trinajstić information content (AvgIpc) is 3.43. The molecule has 0 bridgehead atoms. The Hall–Kier alpha value is -3.88. The maximum Gasteiger partial charge on any atom is 0.258 e. The van der Waals surface area contributed by atoms with Gasteiger partial charge < -0.3 is 20.1 Å². The summed E-state index contributed by atoms with van der Waals surface area (Å²) in [6.45, 7) is 5.35. The van der Waals surface area contributed by atoms with E-state index in [1.807, 2.05) is 13.8 Å². The van der Waals surface area contributed by atoms with Crippen molar-refractivity contribution in [1.29, 1.82) is 0 Å². The summed E-state index contributed by atoms with van der Waals surface area (Å²) in [7, 11) is -2.30. The monoisotopic (exact) mass is 571 g/mol. The number of nitrogens with one attached hydrogen (secondary N) is 1. The number of ether oxygens (including phenoxy) is 1. The Morgan fingerprint density at radius 1 is 1.25 bits per heavy atom. The summed E-state index contributed by atoms with van der Waals surface area (Å²) in [4.78, 5) is 27.8. The van der Waals surface area contributed by atoms with Crippen LogP contribution >= 0.6 is 0 Å². The number of aliphatic hydroxyl groups is 1. The number of rotatable bonds is 9. The summed E-state index contributed by atoms with van der Waals surface area (Å²) >= 11 is 0. The third-order valence-corrected chi connectivity index (χ3v) is 8.65. The summed E-state index contributed by atoms with van der Waals surface area (Å²) in [5.74, 6) is -0.811. The van der Waals surface area contributed by atoms with Gasteiger partial charge in [0.15, 0.2) is 0 Å². The molecule has 2 N–H and O–H groups in total. The van der Waals surface area contributed by atoms with Gasteiger partial charge in [0.05, 0.1) is 29.7 Å². The number of amides is 2. The minimum atomic E-state index is -3.79. The molecule has 0 unspecified atom stereocenters. The van der Waals surface area contributed by atoms with E-state index in [4.69, 9.17) is 4.74 Å². The van der Waals surface area contributed by atoms with Gasteiger partial charge in [-0.15, -0.1) is 5.10 Å². The van der Waals surface area contributed by atoms with Crippen molar-refractivity contribution in [3.8, 4) is 5.75 Å². The van der Waals surface area contributed by atoms with Gasteiger partial charge in [0, 0.05) is 25.2 Å². The van der Waals surface area contributed by atoms with Gasteiger partial charge in [-0.2, -0.15) is 4.31 Å². The number of hydrogen-bond donors (Lipinski definition) is 2. The van der Waals surface area contributed by atoms with Crippen molar-refractivity contribution in [2.45, 2.75) is 44.4 Å². The molecule has 14 heteroatoms. The van der Waals surface area contributed by atoms with E-state index in [1.165, 1.54) is 28.4 Å². The number of anilines is 1. The highest BCUT2D eigenvalue weighted by Gasteiger charge is 2.35. The van der Waals surface area contributed by atoms with E-state index >= 15 is 0 Å². The molecule has 3 atom stereocenters. The number of carbonyl (C=O) groups excluding carboxylic acids is 2. The molecule has 4 rings (SSSR count). The van der Waals surface area contributed by atoms with Crippen molar-refractivity contribution >= 4 is 27.5 Å². The van der Waals surface area contributed by atoms with Crippen molar-refractivity contribution < 1.29 is 27.9 Å².